The molecular weight excluding hydrogens is 392 g/mol. The fourth-order valence-corrected chi connectivity index (χ4v) is 3.72. The van der Waals surface area contributed by atoms with Crippen LogP contribution in [0.5, 0.6) is 5.75 Å². The summed E-state index contributed by atoms with van der Waals surface area (Å²) in [6.45, 7) is 4.40. The summed E-state index contributed by atoms with van der Waals surface area (Å²) < 4.78 is 5.40. The van der Waals surface area contributed by atoms with E-state index < -0.39 is 5.97 Å². The highest BCUT2D eigenvalue weighted by molar-refractivity contribution is 6.30. The van der Waals surface area contributed by atoms with Crippen molar-refractivity contribution in [3.8, 4) is 5.75 Å². The summed E-state index contributed by atoms with van der Waals surface area (Å²) in [6, 6.07) is 15.1. The van der Waals surface area contributed by atoms with E-state index in [1.54, 1.807) is 12.1 Å². The molecule has 7 heteroatoms. The van der Waals surface area contributed by atoms with Crippen LogP contribution in [0, 0.1) is 0 Å². The first-order chi connectivity index (χ1) is 14.0. The van der Waals surface area contributed by atoms with Gasteiger partial charge in [-0.25, -0.2) is 4.79 Å². The standard InChI is InChI=1S/C22H25ClN2O4/c23-20-6-7-21(29-16-22(27)28)18(12-20)13-24-8-10-25(11-9-24)14-19(15-26)17-4-2-1-3-5-17/h1-7,12,15,19H,8-11,13-14,16H2,(H,27,28). The normalized spacial score (nSPS) is 16.3. The number of aldehydes is 1. The van der Waals surface area contributed by atoms with Crippen molar-refractivity contribution in [2.24, 2.45) is 0 Å². The zero-order valence-corrected chi connectivity index (χ0v) is 16.9. The lowest BCUT2D eigenvalue weighted by Gasteiger charge is -2.36. The van der Waals surface area contributed by atoms with E-state index in [4.69, 9.17) is 21.4 Å². The molecule has 2 aromatic rings. The van der Waals surface area contributed by atoms with Crippen molar-refractivity contribution in [2.45, 2.75) is 12.5 Å². The molecule has 1 heterocycles. The average Bonchev–Trinajstić information content (AvgIpc) is 2.73. The molecule has 1 fully saturated rings. The lowest BCUT2D eigenvalue weighted by Crippen LogP contribution is -2.47. The number of piperazine rings is 1. The summed E-state index contributed by atoms with van der Waals surface area (Å²) in [4.78, 5) is 27.0. The number of carboxylic acids is 1. The van der Waals surface area contributed by atoms with Gasteiger partial charge in [0.15, 0.2) is 6.61 Å². The molecule has 0 spiro atoms. The van der Waals surface area contributed by atoms with Crippen LogP contribution in [-0.2, 0) is 16.1 Å². The van der Waals surface area contributed by atoms with Crippen molar-refractivity contribution in [2.75, 3.05) is 39.3 Å². The van der Waals surface area contributed by atoms with Crippen LogP contribution in [0.15, 0.2) is 48.5 Å². The van der Waals surface area contributed by atoms with Crippen molar-refractivity contribution >= 4 is 23.9 Å². The highest BCUT2D eigenvalue weighted by atomic mass is 35.5. The van der Waals surface area contributed by atoms with E-state index in [2.05, 4.69) is 9.80 Å². The molecule has 6 nitrogen and oxygen atoms in total. The molecule has 3 rings (SSSR count). The fourth-order valence-electron chi connectivity index (χ4n) is 3.53. The number of ether oxygens (including phenoxy) is 1. The van der Waals surface area contributed by atoms with Gasteiger partial charge in [-0.1, -0.05) is 41.9 Å². The SMILES string of the molecule is O=CC(CN1CCN(Cc2cc(Cl)ccc2OCC(=O)O)CC1)c1ccccc1. The lowest BCUT2D eigenvalue weighted by molar-refractivity contribution is -0.139. The van der Waals surface area contributed by atoms with Crippen molar-refractivity contribution in [1.29, 1.82) is 0 Å². The number of nitrogens with zero attached hydrogens (tertiary/aromatic N) is 2. The molecule has 1 aliphatic rings. The first-order valence-electron chi connectivity index (χ1n) is 9.63. The van der Waals surface area contributed by atoms with Crippen molar-refractivity contribution < 1.29 is 19.4 Å². The topological polar surface area (TPSA) is 70.1 Å². The van der Waals surface area contributed by atoms with Crippen molar-refractivity contribution in [3.05, 3.63) is 64.7 Å². The summed E-state index contributed by atoms with van der Waals surface area (Å²) in [6.07, 6.45) is 1.03. The van der Waals surface area contributed by atoms with E-state index in [1.807, 2.05) is 36.4 Å². The highest BCUT2D eigenvalue weighted by Gasteiger charge is 2.22. The number of hydrogen-bond donors (Lipinski definition) is 1. The van der Waals surface area contributed by atoms with Crippen molar-refractivity contribution in [3.63, 3.8) is 0 Å². The number of hydrogen-bond acceptors (Lipinski definition) is 5. The Bertz CT molecular complexity index is 823. The quantitative estimate of drug-likeness (QED) is 0.634. The number of aliphatic carboxylic acids is 1. The Morgan fingerprint density at radius 1 is 1.10 bits per heavy atom. The maximum absolute atomic E-state index is 11.6. The monoisotopic (exact) mass is 416 g/mol. The molecule has 1 N–H and O–H groups in total. The summed E-state index contributed by atoms with van der Waals surface area (Å²) in [7, 11) is 0. The van der Waals surface area contributed by atoms with Gasteiger partial charge in [0.2, 0.25) is 0 Å². The molecule has 1 aliphatic heterocycles. The highest BCUT2D eigenvalue weighted by Crippen LogP contribution is 2.25. The van der Waals surface area contributed by atoms with E-state index in [0.29, 0.717) is 23.9 Å². The Balaban J connectivity index is 1.55. The Labute approximate surface area is 175 Å². The summed E-state index contributed by atoms with van der Waals surface area (Å²) in [5.41, 5.74) is 1.92. The van der Waals surface area contributed by atoms with E-state index in [1.165, 1.54) is 0 Å². The minimum absolute atomic E-state index is 0.119. The van der Waals surface area contributed by atoms with E-state index in [9.17, 15) is 9.59 Å². The molecular formula is C22H25ClN2O4. The van der Waals surface area contributed by atoms with Crippen LogP contribution in [0.2, 0.25) is 5.02 Å². The van der Waals surface area contributed by atoms with Crippen LogP contribution >= 0.6 is 11.6 Å². The van der Waals surface area contributed by atoms with Gasteiger partial charge >= 0.3 is 5.97 Å². The van der Waals surface area contributed by atoms with Crippen LogP contribution < -0.4 is 4.74 Å². The first-order valence-corrected chi connectivity index (χ1v) is 10.0. The number of benzene rings is 2. The van der Waals surface area contributed by atoms with Gasteiger partial charge < -0.3 is 14.6 Å². The van der Waals surface area contributed by atoms with Crippen LogP contribution in [0.25, 0.3) is 0 Å². The molecule has 0 bridgehead atoms. The first kappa shape index (κ1) is 21.3. The molecule has 1 atom stereocenters. The van der Waals surface area contributed by atoms with Crippen LogP contribution in [0.1, 0.15) is 17.0 Å². The molecule has 0 saturated carbocycles. The van der Waals surface area contributed by atoms with Gasteiger partial charge in [-0.05, 0) is 23.8 Å². The molecule has 1 saturated heterocycles. The Morgan fingerprint density at radius 2 is 1.79 bits per heavy atom. The zero-order chi connectivity index (χ0) is 20.6. The molecule has 29 heavy (non-hydrogen) atoms. The molecule has 2 aromatic carbocycles. The predicted octanol–water partition coefficient (Wildman–Crippen LogP) is 2.90. The fraction of sp³-hybridized carbons (Fsp3) is 0.364. The second-order valence-corrected chi connectivity index (χ2v) is 7.60. The van der Waals surface area contributed by atoms with Gasteiger partial charge in [-0.2, -0.15) is 0 Å². The molecule has 0 aliphatic carbocycles. The number of carbonyl (C=O) groups excluding carboxylic acids is 1. The van der Waals surface area contributed by atoms with Crippen LogP contribution in [-0.4, -0.2) is 66.5 Å². The third kappa shape index (κ3) is 6.29. The second-order valence-electron chi connectivity index (χ2n) is 7.16. The summed E-state index contributed by atoms with van der Waals surface area (Å²) in [5, 5.41) is 9.45. The third-order valence-corrected chi connectivity index (χ3v) is 5.31. The Kier molecular flexibility index (Phi) is 7.63. The molecule has 0 aromatic heterocycles. The number of carbonyl (C=O) groups is 2. The van der Waals surface area contributed by atoms with Crippen molar-refractivity contribution in [1.82, 2.24) is 9.80 Å². The van der Waals surface area contributed by atoms with Gasteiger partial charge in [0.1, 0.15) is 12.0 Å². The molecule has 154 valence electrons. The number of carboxylic acid groups (broad SMARTS) is 1. The minimum atomic E-state index is -1.01. The maximum Gasteiger partial charge on any atom is 0.341 e. The van der Waals surface area contributed by atoms with E-state index in [-0.39, 0.29) is 12.5 Å². The summed E-state index contributed by atoms with van der Waals surface area (Å²) >= 11 is 6.12. The zero-order valence-electron chi connectivity index (χ0n) is 16.2. The number of halogens is 1. The van der Waals surface area contributed by atoms with E-state index >= 15 is 0 Å². The molecule has 0 radical (unpaired) electrons. The smallest absolute Gasteiger partial charge is 0.341 e. The second kappa shape index (κ2) is 10.4. The van der Waals surface area contributed by atoms with Gasteiger partial charge in [-0.3, -0.25) is 9.80 Å². The van der Waals surface area contributed by atoms with Gasteiger partial charge in [-0.15, -0.1) is 0 Å². The number of rotatable bonds is 9. The van der Waals surface area contributed by atoms with E-state index in [0.717, 1.165) is 43.6 Å². The summed E-state index contributed by atoms with van der Waals surface area (Å²) in [5.74, 6) is -0.585. The van der Waals surface area contributed by atoms with Gasteiger partial charge in [0, 0.05) is 49.9 Å². The minimum Gasteiger partial charge on any atom is -0.482 e. The van der Waals surface area contributed by atoms with Crippen LogP contribution in [0.4, 0.5) is 0 Å². The van der Waals surface area contributed by atoms with Crippen LogP contribution in [0.3, 0.4) is 0 Å². The maximum atomic E-state index is 11.6. The Hall–Kier alpha value is -2.41. The predicted molar refractivity (Wildman–Crippen MR) is 112 cm³/mol. The van der Waals surface area contributed by atoms with Gasteiger partial charge in [0.25, 0.3) is 0 Å². The third-order valence-electron chi connectivity index (χ3n) is 5.08. The largest absolute Gasteiger partial charge is 0.482 e. The average molecular weight is 417 g/mol. The molecule has 1 unspecified atom stereocenters. The lowest BCUT2D eigenvalue weighted by atomic mass is 10.00. The molecule has 0 amide bonds. The van der Waals surface area contributed by atoms with Gasteiger partial charge in [0.05, 0.1) is 5.92 Å². The Morgan fingerprint density at radius 3 is 2.45 bits per heavy atom.